The van der Waals surface area contributed by atoms with Crippen molar-refractivity contribution in [3.8, 4) is 0 Å². The summed E-state index contributed by atoms with van der Waals surface area (Å²) in [6.45, 7) is 2.67. The lowest BCUT2D eigenvalue weighted by Crippen LogP contribution is -2.22. The summed E-state index contributed by atoms with van der Waals surface area (Å²) in [6.07, 6.45) is 0. The van der Waals surface area contributed by atoms with E-state index >= 15 is 0 Å². The topological polar surface area (TPSA) is 12.0 Å². The summed E-state index contributed by atoms with van der Waals surface area (Å²) in [4.78, 5) is 0. The van der Waals surface area contributed by atoms with Gasteiger partial charge in [0.1, 0.15) is 11.6 Å². The number of thiophene rings is 1. The molecule has 1 aromatic carbocycles. The summed E-state index contributed by atoms with van der Waals surface area (Å²) < 4.78 is 27.5. The Morgan fingerprint density at radius 3 is 2.39 bits per heavy atom. The Hall–Kier alpha value is -0.780. The Morgan fingerprint density at radius 1 is 1.22 bits per heavy atom. The van der Waals surface area contributed by atoms with Crippen molar-refractivity contribution in [3.63, 3.8) is 0 Å². The number of benzene rings is 1. The third-order valence-electron chi connectivity index (χ3n) is 2.58. The molecule has 0 fully saturated rings. The summed E-state index contributed by atoms with van der Waals surface area (Å²) in [5.74, 6) is -1.11. The van der Waals surface area contributed by atoms with E-state index in [1.54, 1.807) is 11.3 Å². The molecule has 1 N–H and O–H groups in total. The average molecular weight is 332 g/mol. The first-order valence-corrected chi connectivity index (χ1v) is 7.26. The van der Waals surface area contributed by atoms with Crippen molar-refractivity contribution in [1.29, 1.82) is 0 Å². The zero-order valence-electron chi connectivity index (χ0n) is 9.71. The van der Waals surface area contributed by atoms with Gasteiger partial charge in [0.2, 0.25) is 0 Å². The molecule has 0 aliphatic heterocycles. The summed E-state index contributed by atoms with van der Waals surface area (Å²) in [6, 6.07) is 3.40. The standard InChI is InChI=1S/C13H12BrF2NS/c1-2-17-13(11-6-18-7-12(11)14)8-3-9(15)5-10(16)4-8/h3-7,13,17H,2H2,1H3. The van der Waals surface area contributed by atoms with Crippen LogP contribution in [0.4, 0.5) is 8.78 Å². The minimum atomic E-state index is -0.556. The molecule has 0 saturated carbocycles. The maximum absolute atomic E-state index is 13.3. The maximum Gasteiger partial charge on any atom is 0.126 e. The highest BCUT2D eigenvalue weighted by Gasteiger charge is 2.18. The Morgan fingerprint density at radius 2 is 1.89 bits per heavy atom. The molecular weight excluding hydrogens is 320 g/mol. The fourth-order valence-electron chi connectivity index (χ4n) is 1.85. The number of halogens is 3. The van der Waals surface area contributed by atoms with Crippen LogP contribution >= 0.6 is 27.3 Å². The third kappa shape index (κ3) is 2.96. The fraction of sp³-hybridized carbons (Fsp3) is 0.231. The van der Waals surface area contributed by atoms with Gasteiger partial charge in [-0.3, -0.25) is 0 Å². The van der Waals surface area contributed by atoms with E-state index in [1.807, 2.05) is 17.7 Å². The van der Waals surface area contributed by atoms with E-state index in [4.69, 9.17) is 0 Å². The van der Waals surface area contributed by atoms with Gasteiger partial charge in [0.15, 0.2) is 0 Å². The summed E-state index contributed by atoms with van der Waals surface area (Å²) in [5.41, 5.74) is 1.58. The summed E-state index contributed by atoms with van der Waals surface area (Å²) in [5, 5.41) is 7.17. The summed E-state index contributed by atoms with van der Waals surface area (Å²) >= 11 is 5.00. The molecule has 2 rings (SSSR count). The zero-order valence-corrected chi connectivity index (χ0v) is 12.1. The predicted molar refractivity (Wildman–Crippen MR) is 73.9 cm³/mol. The van der Waals surface area contributed by atoms with E-state index in [0.717, 1.165) is 16.1 Å². The number of rotatable bonds is 4. The van der Waals surface area contributed by atoms with Crippen LogP contribution in [0.25, 0.3) is 0 Å². The molecule has 1 heterocycles. The highest BCUT2D eigenvalue weighted by molar-refractivity contribution is 9.10. The second-order valence-electron chi connectivity index (χ2n) is 3.87. The Balaban J connectivity index is 2.44. The first kappa shape index (κ1) is 13.6. The molecule has 1 aromatic heterocycles. The van der Waals surface area contributed by atoms with E-state index in [-0.39, 0.29) is 6.04 Å². The van der Waals surface area contributed by atoms with Crippen LogP contribution in [0.3, 0.4) is 0 Å². The lowest BCUT2D eigenvalue weighted by Gasteiger charge is -2.18. The maximum atomic E-state index is 13.3. The van der Waals surface area contributed by atoms with Crippen molar-refractivity contribution in [1.82, 2.24) is 5.32 Å². The van der Waals surface area contributed by atoms with Crippen LogP contribution in [0.15, 0.2) is 33.4 Å². The number of hydrogen-bond acceptors (Lipinski definition) is 2. The molecule has 0 saturated heterocycles. The van der Waals surface area contributed by atoms with Crippen LogP contribution < -0.4 is 5.32 Å². The first-order valence-electron chi connectivity index (χ1n) is 5.52. The molecule has 96 valence electrons. The van der Waals surface area contributed by atoms with Crippen LogP contribution in [0.2, 0.25) is 0 Å². The normalized spacial score (nSPS) is 12.7. The van der Waals surface area contributed by atoms with E-state index in [2.05, 4.69) is 21.2 Å². The van der Waals surface area contributed by atoms with Crippen LogP contribution in [-0.2, 0) is 0 Å². The van der Waals surface area contributed by atoms with Gasteiger partial charge in [-0.25, -0.2) is 8.78 Å². The van der Waals surface area contributed by atoms with Gasteiger partial charge in [-0.15, -0.1) is 0 Å². The molecule has 0 spiro atoms. The second-order valence-corrected chi connectivity index (χ2v) is 5.47. The highest BCUT2D eigenvalue weighted by atomic mass is 79.9. The summed E-state index contributed by atoms with van der Waals surface area (Å²) in [7, 11) is 0. The molecule has 0 aliphatic rings. The van der Waals surface area contributed by atoms with Crippen molar-refractivity contribution < 1.29 is 8.78 Å². The molecule has 2 aromatic rings. The Bertz CT molecular complexity index is 521. The molecule has 0 amide bonds. The van der Waals surface area contributed by atoms with Gasteiger partial charge in [-0.1, -0.05) is 6.92 Å². The fourth-order valence-corrected chi connectivity index (χ4v) is 3.40. The molecule has 1 atom stereocenters. The molecule has 1 unspecified atom stereocenters. The number of nitrogens with one attached hydrogen (secondary N) is 1. The average Bonchev–Trinajstić information content (AvgIpc) is 2.71. The van der Waals surface area contributed by atoms with Crippen molar-refractivity contribution in [2.45, 2.75) is 13.0 Å². The van der Waals surface area contributed by atoms with Crippen LogP contribution in [-0.4, -0.2) is 6.54 Å². The zero-order chi connectivity index (χ0) is 13.1. The van der Waals surface area contributed by atoms with Crippen molar-refractivity contribution >= 4 is 27.3 Å². The number of hydrogen-bond donors (Lipinski definition) is 1. The van der Waals surface area contributed by atoms with Crippen LogP contribution in [0.5, 0.6) is 0 Å². The molecule has 18 heavy (non-hydrogen) atoms. The molecule has 0 radical (unpaired) electrons. The SMILES string of the molecule is CCNC(c1cc(F)cc(F)c1)c1cscc1Br. The Labute approximate surface area is 117 Å². The largest absolute Gasteiger partial charge is 0.306 e. The highest BCUT2D eigenvalue weighted by Crippen LogP contribution is 2.32. The van der Waals surface area contributed by atoms with Gasteiger partial charge >= 0.3 is 0 Å². The van der Waals surface area contributed by atoms with Crippen LogP contribution in [0, 0.1) is 11.6 Å². The first-order chi connectivity index (χ1) is 8.61. The van der Waals surface area contributed by atoms with Crippen molar-refractivity contribution in [3.05, 3.63) is 56.2 Å². The lowest BCUT2D eigenvalue weighted by molar-refractivity contribution is 0.565. The Kier molecular flexibility index (Phi) is 4.48. The van der Waals surface area contributed by atoms with Gasteiger partial charge in [0.25, 0.3) is 0 Å². The molecule has 5 heteroatoms. The second kappa shape index (κ2) is 5.91. The van der Waals surface area contributed by atoms with Gasteiger partial charge in [-0.2, -0.15) is 11.3 Å². The van der Waals surface area contributed by atoms with Gasteiger partial charge in [0, 0.05) is 15.9 Å². The van der Waals surface area contributed by atoms with E-state index in [0.29, 0.717) is 12.1 Å². The van der Waals surface area contributed by atoms with E-state index in [1.165, 1.54) is 12.1 Å². The van der Waals surface area contributed by atoms with Crippen molar-refractivity contribution in [2.24, 2.45) is 0 Å². The quantitative estimate of drug-likeness (QED) is 0.870. The third-order valence-corrected chi connectivity index (χ3v) is 4.33. The molecule has 0 bridgehead atoms. The minimum absolute atomic E-state index is 0.208. The van der Waals surface area contributed by atoms with Crippen LogP contribution in [0.1, 0.15) is 24.1 Å². The van der Waals surface area contributed by atoms with Gasteiger partial charge in [-0.05, 0) is 51.1 Å². The van der Waals surface area contributed by atoms with Crippen molar-refractivity contribution in [2.75, 3.05) is 6.54 Å². The monoisotopic (exact) mass is 331 g/mol. The smallest absolute Gasteiger partial charge is 0.126 e. The van der Waals surface area contributed by atoms with Gasteiger partial charge in [0.05, 0.1) is 6.04 Å². The predicted octanol–water partition coefficient (Wildman–Crippen LogP) is 4.49. The van der Waals surface area contributed by atoms with E-state index in [9.17, 15) is 8.78 Å². The molecular formula is C13H12BrF2NS. The lowest BCUT2D eigenvalue weighted by atomic mass is 10.0. The van der Waals surface area contributed by atoms with Gasteiger partial charge < -0.3 is 5.32 Å². The molecule has 1 nitrogen and oxygen atoms in total. The molecule has 0 aliphatic carbocycles. The van der Waals surface area contributed by atoms with E-state index < -0.39 is 11.6 Å². The minimum Gasteiger partial charge on any atom is -0.306 e.